The Morgan fingerprint density at radius 1 is 1.21 bits per heavy atom. The van der Waals surface area contributed by atoms with E-state index in [4.69, 9.17) is 11.6 Å². The molecule has 0 radical (unpaired) electrons. The first kappa shape index (κ1) is 16.4. The Kier molecular flexibility index (Phi) is 6.75. The van der Waals surface area contributed by atoms with Crippen LogP contribution in [0.4, 0.5) is 0 Å². The summed E-state index contributed by atoms with van der Waals surface area (Å²) >= 11 is 5.77. The molecular weight excluding hydrogens is 284 g/mol. The molecule has 1 rings (SSSR count). The third-order valence-corrected chi connectivity index (χ3v) is 4.96. The normalized spacial score (nSPS) is 12.0. The summed E-state index contributed by atoms with van der Waals surface area (Å²) in [5.41, 5.74) is 0. The van der Waals surface area contributed by atoms with E-state index in [0.717, 1.165) is 25.7 Å². The maximum atomic E-state index is 12.5. The van der Waals surface area contributed by atoms with Crippen LogP contribution in [0.1, 0.15) is 39.5 Å². The van der Waals surface area contributed by atoms with Crippen molar-refractivity contribution < 1.29 is 8.42 Å². The van der Waals surface area contributed by atoms with Gasteiger partial charge in [-0.3, -0.25) is 0 Å². The molecule has 1 aromatic rings. The van der Waals surface area contributed by atoms with Gasteiger partial charge in [-0.25, -0.2) is 13.4 Å². The summed E-state index contributed by atoms with van der Waals surface area (Å²) in [5.74, 6) is 0. The number of rotatable bonds is 8. The SMILES string of the molecule is CCCCN(CCCC)S(=O)(=O)c1ccnc(Cl)c1. The Morgan fingerprint density at radius 2 is 1.79 bits per heavy atom. The van der Waals surface area contributed by atoms with E-state index in [1.165, 1.54) is 18.3 Å². The zero-order valence-electron chi connectivity index (χ0n) is 11.5. The van der Waals surface area contributed by atoms with Gasteiger partial charge in [0, 0.05) is 19.3 Å². The molecule has 6 heteroatoms. The molecule has 0 bridgehead atoms. The summed E-state index contributed by atoms with van der Waals surface area (Å²) in [6.07, 6.45) is 5.08. The van der Waals surface area contributed by atoms with Gasteiger partial charge in [0.15, 0.2) is 0 Å². The van der Waals surface area contributed by atoms with Gasteiger partial charge in [0.1, 0.15) is 5.15 Å². The lowest BCUT2D eigenvalue weighted by Crippen LogP contribution is -2.33. The highest BCUT2D eigenvalue weighted by Gasteiger charge is 2.23. The van der Waals surface area contributed by atoms with Gasteiger partial charge in [-0.05, 0) is 25.0 Å². The lowest BCUT2D eigenvalue weighted by Gasteiger charge is -2.21. The van der Waals surface area contributed by atoms with Crippen molar-refractivity contribution in [3.05, 3.63) is 23.5 Å². The van der Waals surface area contributed by atoms with Crippen LogP contribution < -0.4 is 0 Å². The summed E-state index contributed by atoms with van der Waals surface area (Å²) in [4.78, 5) is 4.04. The molecule has 0 unspecified atom stereocenters. The topological polar surface area (TPSA) is 50.3 Å². The van der Waals surface area contributed by atoms with Crippen molar-refractivity contribution in [3.8, 4) is 0 Å². The molecule has 19 heavy (non-hydrogen) atoms. The monoisotopic (exact) mass is 304 g/mol. The first-order valence-corrected chi connectivity index (χ1v) is 8.45. The highest BCUT2D eigenvalue weighted by Crippen LogP contribution is 2.19. The molecule has 0 aliphatic heterocycles. The van der Waals surface area contributed by atoms with Crippen molar-refractivity contribution in [2.24, 2.45) is 0 Å². The fraction of sp³-hybridized carbons (Fsp3) is 0.615. The van der Waals surface area contributed by atoms with Crippen LogP contribution in [-0.4, -0.2) is 30.8 Å². The Morgan fingerprint density at radius 3 is 2.26 bits per heavy atom. The van der Waals surface area contributed by atoms with Gasteiger partial charge in [-0.1, -0.05) is 38.3 Å². The van der Waals surface area contributed by atoms with Crippen molar-refractivity contribution in [1.82, 2.24) is 9.29 Å². The van der Waals surface area contributed by atoms with E-state index >= 15 is 0 Å². The largest absolute Gasteiger partial charge is 0.244 e. The van der Waals surface area contributed by atoms with Crippen LogP contribution in [0.25, 0.3) is 0 Å². The van der Waals surface area contributed by atoms with Gasteiger partial charge >= 0.3 is 0 Å². The average Bonchev–Trinajstić information content (AvgIpc) is 2.38. The molecule has 0 saturated carbocycles. The van der Waals surface area contributed by atoms with Gasteiger partial charge in [0.05, 0.1) is 4.90 Å². The van der Waals surface area contributed by atoms with Gasteiger partial charge in [0.25, 0.3) is 0 Å². The number of sulfonamides is 1. The van der Waals surface area contributed by atoms with E-state index in [9.17, 15) is 8.42 Å². The molecule has 0 spiro atoms. The van der Waals surface area contributed by atoms with Gasteiger partial charge < -0.3 is 0 Å². The summed E-state index contributed by atoms with van der Waals surface area (Å²) < 4.78 is 26.6. The zero-order chi connectivity index (χ0) is 14.3. The van der Waals surface area contributed by atoms with Crippen LogP contribution in [0.5, 0.6) is 0 Å². The van der Waals surface area contributed by atoms with E-state index in [0.29, 0.717) is 13.1 Å². The molecular formula is C13H21ClN2O2S. The Hall–Kier alpha value is -0.650. The summed E-state index contributed by atoms with van der Waals surface area (Å²) in [6, 6.07) is 2.90. The van der Waals surface area contributed by atoms with Crippen LogP contribution in [-0.2, 0) is 10.0 Å². The summed E-state index contributed by atoms with van der Waals surface area (Å²) in [7, 11) is -3.46. The number of hydrogen-bond donors (Lipinski definition) is 0. The standard InChI is InChI=1S/C13H21ClN2O2S/c1-3-5-9-16(10-6-4-2)19(17,18)12-7-8-15-13(14)11-12/h7-8,11H,3-6,9-10H2,1-2H3. The lowest BCUT2D eigenvalue weighted by atomic mass is 10.3. The van der Waals surface area contributed by atoms with Crippen LogP contribution >= 0.6 is 11.6 Å². The van der Waals surface area contributed by atoms with Crippen molar-refractivity contribution in [2.45, 2.75) is 44.4 Å². The minimum absolute atomic E-state index is 0.201. The number of nitrogens with zero attached hydrogens (tertiary/aromatic N) is 2. The van der Waals surface area contributed by atoms with Crippen LogP contribution in [0.15, 0.2) is 23.2 Å². The third kappa shape index (κ3) is 4.75. The molecule has 0 atom stereocenters. The minimum Gasteiger partial charge on any atom is -0.244 e. The van der Waals surface area contributed by atoms with Crippen LogP contribution in [0, 0.1) is 0 Å². The number of pyridine rings is 1. The van der Waals surface area contributed by atoms with Crippen LogP contribution in [0.3, 0.4) is 0 Å². The fourth-order valence-corrected chi connectivity index (χ4v) is 3.48. The molecule has 0 N–H and O–H groups in total. The van der Waals surface area contributed by atoms with Crippen molar-refractivity contribution >= 4 is 21.6 Å². The number of halogens is 1. The Bertz CT molecular complexity index is 483. The smallest absolute Gasteiger partial charge is 0.243 e. The van der Waals surface area contributed by atoms with Crippen molar-refractivity contribution in [3.63, 3.8) is 0 Å². The molecule has 0 saturated heterocycles. The van der Waals surface area contributed by atoms with E-state index in [-0.39, 0.29) is 10.0 Å². The molecule has 0 fully saturated rings. The van der Waals surface area contributed by atoms with Gasteiger partial charge in [-0.15, -0.1) is 0 Å². The highest BCUT2D eigenvalue weighted by molar-refractivity contribution is 7.89. The number of hydrogen-bond acceptors (Lipinski definition) is 3. The second kappa shape index (κ2) is 7.82. The van der Waals surface area contributed by atoms with E-state index in [1.807, 2.05) is 13.8 Å². The number of unbranched alkanes of at least 4 members (excludes halogenated alkanes) is 2. The predicted molar refractivity (Wildman–Crippen MR) is 77.8 cm³/mol. The van der Waals surface area contributed by atoms with Crippen molar-refractivity contribution in [1.29, 1.82) is 0 Å². The maximum Gasteiger partial charge on any atom is 0.243 e. The predicted octanol–water partition coefficient (Wildman–Crippen LogP) is 3.33. The zero-order valence-corrected chi connectivity index (χ0v) is 13.0. The second-order valence-electron chi connectivity index (χ2n) is 4.43. The second-order valence-corrected chi connectivity index (χ2v) is 6.75. The van der Waals surface area contributed by atoms with Gasteiger partial charge in [0.2, 0.25) is 10.0 Å². The Balaban J connectivity index is 2.97. The maximum absolute atomic E-state index is 12.5. The first-order valence-electron chi connectivity index (χ1n) is 6.64. The summed E-state index contributed by atoms with van der Waals surface area (Å²) in [6.45, 7) is 5.21. The fourth-order valence-electron chi connectivity index (χ4n) is 1.72. The van der Waals surface area contributed by atoms with E-state index < -0.39 is 10.0 Å². The molecule has 0 aromatic carbocycles. The molecule has 0 amide bonds. The third-order valence-electron chi connectivity index (χ3n) is 2.86. The van der Waals surface area contributed by atoms with Crippen LogP contribution in [0.2, 0.25) is 5.15 Å². The molecule has 0 aliphatic rings. The molecule has 1 aromatic heterocycles. The molecule has 4 nitrogen and oxygen atoms in total. The van der Waals surface area contributed by atoms with Crippen molar-refractivity contribution in [2.75, 3.05) is 13.1 Å². The van der Waals surface area contributed by atoms with E-state index in [1.54, 1.807) is 4.31 Å². The molecule has 1 heterocycles. The lowest BCUT2D eigenvalue weighted by molar-refractivity contribution is 0.395. The first-order chi connectivity index (χ1) is 9.02. The van der Waals surface area contributed by atoms with Gasteiger partial charge in [-0.2, -0.15) is 4.31 Å². The minimum atomic E-state index is -3.46. The number of aromatic nitrogens is 1. The Labute approximate surface area is 120 Å². The average molecular weight is 305 g/mol. The quantitative estimate of drug-likeness (QED) is 0.692. The highest BCUT2D eigenvalue weighted by atomic mass is 35.5. The summed E-state index contributed by atoms with van der Waals surface area (Å²) in [5, 5.41) is 0.201. The van der Waals surface area contributed by atoms with E-state index in [2.05, 4.69) is 4.98 Å². The molecule has 108 valence electrons. The molecule has 0 aliphatic carbocycles.